The van der Waals surface area contributed by atoms with Crippen molar-refractivity contribution in [3.63, 3.8) is 0 Å². The molecule has 2 heterocycles. The standard InChI is InChI=1S/C12H22N2O2.ClH/c1-10-9-14(7-4-8-16-10)12(15)11-5-2-3-6-13-11;/h10-11,13H,2-9H2,1H3;1H. The Balaban J connectivity index is 0.00000144. The Morgan fingerprint density at radius 2 is 2.18 bits per heavy atom. The lowest BCUT2D eigenvalue weighted by atomic mass is 10.0. The minimum Gasteiger partial charge on any atom is -0.377 e. The molecule has 2 saturated heterocycles. The second-order valence-corrected chi connectivity index (χ2v) is 4.82. The Labute approximate surface area is 109 Å². The predicted molar refractivity (Wildman–Crippen MR) is 69.5 cm³/mol. The number of ether oxygens (including phenoxy) is 1. The summed E-state index contributed by atoms with van der Waals surface area (Å²) in [6.07, 6.45) is 4.50. The van der Waals surface area contributed by atoms with Crippen molar-refractivity contribution < 1.29 is 9.53 Å². The quantitative estimate of drug-likeness (QED) is 0.772. The molecule has 0 aliphatic carbocycles. The van der Waals surface area contributed by atoms with Gasteiger partial charge in [0.15, 0.2) is 0 Å². The first-order valence-corrected chi connectivity index (χ1v) is 6.41. The first kappa shape index (κ1) is 14.7. The van der Waals surface area contributed by atoms with E-state index in [4.69, 9.17) is 4.74 Å². The Hall–Kier alpha value is -0.320. The molecular weight excluding hydrogens is 240 g/mol. The summed E-state index contributed by atoms with van der Waals surface area (Å²) >= 11 is 0. The van der Waals surface area contributed by atoms with Crippen molar-refractivity contribution >= 4 is 18.3 Å². The highest BCUT2D eigenvalue weighted by Crippen LogP contribution is 2.12. The molecule has 0 radical (unpaired) electrons. The summed E-state index contributed by atoms with van der Waals surface area (Å²) in [6.45, 7) is 5.40. The second kappa shape index (κ2) is 7.19. The van der Waals surface area contributed by atoms with Crippen molar-refractivity contribution in [2.75, 3.05) is 26.2 Å². The first-order chi connectivity index (χ1) is 7.77. The molecule has 0 aromatic carbocycles. The lowest BCUT2D eigenvalue weighted by Gasteiger charge is -2.29. The number of rotatable bonds is 1. The Morgan fingerprint density at radius 1 is 1.35 bits per heavy atom. The van der Waals surface area contributed by atoms with Crippen molar-refractivity contribution in [2.24, 2.45) is 0 Å². The molecule has 0 saturated carbocycles. The average Bonchev–Trinajstić information content (AvgIpc) is 2.54. The second-order valence-electron chi connectivity index (χ2n) is 4.82. The zero-order valence-electron chi connectivity index (χ0n) is 10.5. The molecule has 2 fully saturated rings. The van der Waals surface area contributed by atoms with Crippen LogP contribution in [-0.2, 0) is 9.53 Å². The number of halogens is 1. The topological polar surface area (TPSA) is 41.6 Å². The van der Waals surface area contributed by atoms with Crippen LogP contribution in [0.15, 0.2) is 0 Å². The van der Waals surface area contributed by atoms with Gasteiger partial charge in [-0.25, -0.2) is 0 Å². The van der Waals surface area contributed by atoms with Gasteiger partial charge in [0.05, 0.1) is 12.1 Å². The van der Waals surface area contributed by atoms with Gasteiger partial charge in [-0.1, -0.05) is 6.42 Å². The maximum absolute atomic E-state index is 12.3. The van der Waals surface area contributed by atoms with Crippen LogP contribution in [0.5, 0.6) is 0 Å². The monoisotopic (exact) mass is 262 g/mol. The van der Waals surface area contributed by atoms with E-state index in [2.05, 4.69) is 5.32 Å². The SMILES string of the molecule is CC1CN(C(=O)C2CCCCN2)CCCO1.Cl. The van der Waals surface area contributed by atoms with Crippen LogP contribution in [0.3, 0.4) is 0 Å². The molecule has 0 spiro atoms. The van der Waals surface area contributed by atoms with E-state index in [9.17, 15) is 4.79 Å². The van der Waals surface area contributed by atoms with E-state index < -0.39 is 0 Å². The highest BCUT2D eigenvalue weighted by molar-refractivity contribution is 5.85. The minimum absolute atomic E-state index is 0. The smallest absolute Gasteiger partial charge is 0.239 e. The van der Waals surface area contributed by atoms with E-state index in [1.165, 1.54) is 12.8 Å². The van der Waals surface area contributed by atoms with Crippen LogP contribution in [0.1, 0.15) is 32.6 Å². The molecule has 2 aliphatic rings. The highest BCUT2D eigenvalue weighted by Gasteiger charge is 2.27. The molecular formula is C12H23ClN2O2. The molecule has 1 amide bonds. The third-order valence-electron chi connectivity index (χ3n) is 3.37. The Bertz CT molecular complexity index is 245. The summed E-state index contributed by atoms with van der Waals surface area (Å²) in [4.78, 5) is 14.2. The number of nitrogens with one attached hydrogen (secondary N) is 1. The van der Waals surface area contributed by atoms with E-state index in [0.717, 1.165) is 39.1 Å². The van der Waals surface area contributed by atoms with Crippen LogP contribution in [0.4, 0.5) is 0 Å². The molecule has 2 aliphatic heterocycles. The van der Waals surface area contributed by atoms with Crippen LogP contribution < -0.4 is 5.32 Å². The highest BCUT2D eigenvalue weighted by atomic mass is 35.5. The van der Waals surface area contributed by atoms with Gasteiger partial charge in [0.1, 0.15) is 0 Å². The fourth-order valence-electron chi connectivity index (χ4n) is 2.48. The number of carbonyl (C=O) groups is 1. The number of piperidine rings is 1. The summed E-state index contributed by atoms with van der Waals surface area (Å²) in [5.41, 5.74) is 0. The van der Waals surface area contributed by atoms with Crippen molar-refractivity contribution in [1.82, 2.24) is 10.2 Å². The van der Waals surface area contributed by atoms with Gasteiger partial charge < -0.3 is 15.0 Å². The van der Waals surface area contributed by atoms with Gasteiger partial charge in [0.2, 0.25) is 5.91 Å². The normalized spacial score (nSPS) is 30.3. The van der Waals surface area contributed by atoms with E-state index in [-0.39, 0.29) is 30.5 Å². The predicted octanol–water partition coefficient (Wildman–Crippen LogP) is 1.19. The zero-order valence-corrected chi connectivity index (χ0v) is 11.3. The summed E-state index contributed by atoms with van der Waals surface area (Å²) in [5, 5.41) is 3.32. The van der Waals surface area contributed by atoms with E-state index >= 15 is 0 Å². The number of carbonyl (C=O) groups excluding carboxylic acids is 1. The molecule has 2 unspecified atom stereocenters. The van der Waals surface area contributed by atoms with E-state index in [1.54, 1.807) is 0 Å². The van der Waals surface area contributed by atoms with Crippen molar-refractivity contribution in [1.29, 1.82) is 0 Å². The van der Waals surface area contributed by atoms with Gasteiger partial charge in [-0.15, -0.1) is 12.4 Å². The van der Waals surface area contributed by atoms with Gasteiger partial charge in [-0.2, -0.15) is 0 Å². The lowest BCUT2D eigenvalue weighted by molar-refractivity contribution is -0.134. The summed E-state index contributed by atoms with van der Waals surface area (Å²) in [6, 6.07) is 0.0547. The number of nitrogens with zero attached hydrogens (tertiary/aromatic N) is 1. The van der Waals surface area contributed by atoms with Gasteiger partial charge in [-0.05, 0) is 32.7 Å². The van der Waals surface area contributed by atoms with Crippen LogP contribution in [0.25, 0.3) is 0 Å². The summed E-state index contributed by atoms with van der Waals surface area (Å²) in [5.74, 6) is 0.275. The molecule has 100 valence electrons. The largest absolute Gasteiger partial charge is 0.377 e. The molecule has 0 aromatic heterocycles. The van der Waals surface area contributed by atoms with Crippen LogP contribution >= 0.6 is 12.4 Å². The maximum Gasteiger partial charge on any atom is 0.239 e. The third kappa shape index (κ3) is 4.12. The van der Waals surface area contributed by atoms with Crippen molar-refractivity contribution in [2.45, 2.75) is 44.8 Å². The first-order valence-electron chi connectivity index (χ1n) is 6.41. The molecule has 0 aromatic rings. The third-order valence-corrected chi connectivity index (χ3v) is 3.37. The molecule has 2 rings (SSSR count). The number of hydrogen-bond acceptors (Lipinski definition) is 3. The zero-order chi connectivity index (χ0) is 11.4. The van der Waals surface area contributed by atoms with Crippen LogP contribution in [0.2, 0.25) is 0 Å². The van der Waals surface area contributed by atoms with Gasteiger partial charge in [0, 0.05) is 19.7 Å². The Morgan fingerprint density at radius 3 is 2.88 bits per heavy atom. The molecule has 2 atom stereocenters. The van der Waals surface area contributed by atoms with Crippen LogP contribution in [-0.4, -0.2) is 49.2 Å². The molecule has 4 nitrogen and oxygen atoms in total. The Kier molecular flexibility index (Phi) is 6.23. The minimum atomic E-state index is 0. The molecule has 1 N–H and O–H groups in total. The molecule has 5 heteroatoms. The molecule has 0 bridgehead atoms. The van der Waals surface area contributed by atoms with Gasteiger partial charge >= 0.3 is 0 Å². The number of amides is 1. The van der Waals surface area contributed by atoms with E-state index in [1.807, 2.05) is 11.8 Å². The fraction of sp³-hybridized carbons (Fsp3) is 0.917. The van der Waals surface area contributed by atoms with E-state index in [0.29, 0.717) is 0 Å². The van der Waals surface area contributed by atoms with Crippen molar-refractivity contribution in [3.05, 3.63) is 0 Å². The summed E-state index contributed by atoms with van der Waals surface area (Å²) in [7, 11) is 0. The van der Waals surface area contributed by atoms with Gasteiger partial charge in [-0.3, -0.25) is 4.79 Å². The molecule has 17 heavy (non-hydrogen) atoms. The summed E-state index contributed by atoms with van der Waals surface area (Å²) < 4.78 is 5.56. The van der Waals surface area contributed by atoms with Gasteiger partial charge in [0.25, 0.3) is 0 Å². The number of hydrogen-bond donors (Lipinski definition) is 1. The average molecular weight is 263 g/mol. The fourth-order valence-corrected chi connectivity index (χ4v) is 2.48. The van der Waals surface area contributed by atoms with Crippen molar-refractivity contribution in [3.8, 4) is 0 Å². The maximum atomic E-state index is 12.3. The van der Waals surface area contributed by atoms with Crippen LogP contribution in [0, 0.1) is 0 Å². The lowest BCUT2D eigenvalue weighted by Crippen LogP contribution is -2.49.